The maximum Gasteiger partial charge on any atom is 0.339 e. The molecule has 0 radical (unpaired) electrons. The van der Waals surface area contributed by atoms with Crippen molar-refractivity contribution in [1.29, 1.82) is 5.26 Å². The molecule has 0 saturated heterocycles. The summed E-state index contributed by atoms with van der Waals surface area (Å²) in [4.78, 5) is 11.5. The van der Waals surface area contributed by atoms with Crippen LogP contribution in [0.4, 0.5) is 0 Å². The van der Waals surface area contributed by atoms with Gasteiger partial charge in [-0.25, -0.2) is 4.79 Å². The number of ether oxygens (including phenoxy) is 1. The Morgan fingerprint density at radius 2 is 2.19 bits per heavy atom. The topological polar surface area (TPSA) is 50.1 Å². The maximum absolute atomic E-state index is 11.5. The fourth-order valence-electron chi connectivity index (χ4n) is 1.57. The summed E-state index contributed by atoms with van der Waals surface area (Å²) in [6, 6.07) is 7.28. The molecule has 1 aromatic rings. The van der Waals surface area contributed by atoms with Gasteiger partial charge in [-0.05, 0) is 30.0 Å². The maximum atomic E-state index is 11.5. The van der Waals surface area contributed by atoms with Gasteiger partial charge in [0, 0.05) is 0 Å². The summed E-state index contributed by atoms with van der Waals surface area (Å²) in [5.41, 5.74) is 1.76. The van der Waals surface area contributed by atoms with E-state index in [0.29, 0.717) is 17.0 Å². The van der Waals surface area contributed by atoms with Crippen molar-refractivity contribution in [2.75, 3.05) is 7.11 Å². The van der Waals surface area contributed by atoms with Crippen molar-refractivity contribution < 1.29 is 9.53 Å². The predicted octanol–water partition coefficient (Wildman–Crippen LogP) is 2.54. The van der Waals surface area contributed by atoms with E-state index in [-0.39, 0.29) is 0 Å². The van der Waals surface area contributed by atoms with E-state index in [1.54, 1.807) is 12.1 Å². The molecule has 1 rings (SSSR count). The van der Waals surface area contributed by atoms with Crippen molar-refractivity contribution >= 4 is 5.97 Å². The molecule has 0 aliphatic heterocycles. The van der Waals surface area contributed by atoms with Crippen LogP contribution in [-0.2, 0) is 11.2 Å². The van der Waals surface area contributed by atoms with Gasteiger partial charge in [-0.3, -0.25) is 0 Å². The third-order valence-electron chi connectivity index (χ3n) is 2.25. The second kappa shape index (κ2) is 5.32. The molecule has 0 bridgehead atoms. The lowest BCUT2D eigenvalue weighted by Crippen LogP contribution is -2.06. The highest BCUT2D eigenvalue weighted by Crippen LogP contribution is 2.15. The lowest BCUT2D eigenvalue weighted by Gasteiger charge is -2.07. The number of nitriles is 1. The minimum Gasteiger partial charge on any atom is -0.465 e. The Kier molecular flexibility index (Phi) is 4.07. The van der Waals surface area contributed by atoms with Crippen LogP contribution < -0.4 is 0 Å². The van der Waals surface area contributed by atoms with Crippen LogP contribution in [0, 0.1) is 17.2 Å². The Balaban J connectivity index is 3.12. The van der Waals surface area contributed by atoms with Gasteiger partial charge in [-0.1, -0.05) is 19.9 Å². The van der Waals surface area contributed by atoms with Gasteiger partial charge in [-0.2, -0.15) is 5.26 Å². The molecular weight excluding hydrogens is 202 g/mol. The summed E-state index contributed by atoms with van der Waals surface area (Å²) >= 11 is 0. The SMILES string of the molecule is COC(=O)c1cc(CC(C)C)ccc1C#N. The zero-order chi connectivity index (χ0) is 12.1. The standard InChI is InChI=1S/C13H15NO2/c1-9(2)6-10-4-5-11(8-14)12(7-10)13(15)16-3/h4-5,7,9H,6H2,1-3H3. The van der Waals surface area contributed by atoms with Gasteiger partial charge < -0.3 is 4.74 Å². The van der Waals surface area contributed by atoms with Gasteiger partial charge in [0.05, 0.1) is 18.2 Å². The second-order valence-electron chi connectivity index (χ2n) is 4.08. The van der Waals surface area contributed by atoms with Gasteiger partial charge in [-0.15, -0.1) is 0 Å². The Morgan fingerprint density at radius 1 is 1.50 bits per heavy atom. The van der Waals surface area contributed by atoms with Crippen LogP contribution in [0.15, 0.2) is 18.2 Å². The summed E-state index contributed by atoms with van der Waals surface area (Å²) < 4.78 is 4.65. The molecule has 3 nitrogen and oxygen atoms in total. The second-order valence-corrected chi connectivity index (χ2v) is 4.08. The fourth-order valence-corrected chi connectivity index (χ4v) is 1.57. The number of methoxy groups -OCH3 is 1. The van der Waals surface area contributed by atoms with Crippen molar-refractivity contribution in [2.24, 2.45) is 5.92 Å². The molecule has 16 heavy (non-hydrogen) atoms. The molecule has 0 N–H and O–H groups in total. The minimum absolute atomic E-state index is 0.350. The monoisotopic (exact) mass is 217 g/mol. The largest absolute Gasteiger partial charge is 0.465 e. The number of hydrogen-bond donors (Lipinski definition) is 0. The Labute approximate surface area is 95.7 Å². The van der Waals surface area contributed by atoms with E-state index in [1.807, 2.05) is 12.1 Å². The van der Waals surface area contributed by atoms with E-state index in [4.69, 9.17) is 5.26 Å². The van der Waals surface area contributed by atoms with Crippen molar-refractivity contribution in [2.45, 2.75) is 20.3 Å². The summed E-state index contributed by atoms with van der Waals surface area (Å²) in [7, 11) is 1.32. The van der Waals surface area contributed by atoms with Crippen LogP contribution in [0.1, 0.15) is 35.3 Å². The molecule has 0 amide bonds. The lowest BCUT2D eigenvalue weighted by molar-refractivity contribution is 0.0600. The van der Waals surface area contributed by atoms with Crippen LogP contribution in [0.25, 0.3) is 0 Å². The first-order valence-electron chi connectivity index (χ1n) is 5.19. The summed E-state index contributed by atoms with van der Waals surface area (Å²) in [5.74, 6) is 0.0561. The third-order valence-corrected chi connectivity index (χ3v) is 2.25. The summed E-state index contributed by atoms with van der Waals surface area (Å²) in [5, 5.41) is 8.88. The van der Waals surface area contributed by atoms with Gasteiger partial charge in [0.25, 0.3) is 0 Å². The molecule has 84 valence electrons. The first-order valence-corrected chi connectivity index (χ1v) is 5.19. The van der Waals surface area contributed by atoms with E-state index in [0.717, 1.165) is 12.0 Å². The van der Waals surface area contributed by atoms with Gasteiger partial charge >= 0.3 is 5.97 Å². The van der Waals surface area contributed by atoms with E-state index < -0.39 is 5.97 Å². The summed E-state index contributed by atoms with van der Waals surface area (Å²) in [6.45, 7) is 4.21. The molecule has 0 aliphatic carbocycles. The first kappa shape index (κ1) is 12.3. The molecule has 0 fully saturated rings. The molecule has 0 saturated carbocycles. The van der Waals surface area contributed by atoms with Crippen LogP contribution >= 0.6 is 0 Å². The molecular formula is C13H15NO2. The number of hydrogen-bond acceptors (Lipinski definition) is 3. The van der Waals surface area contributed by atoms with E-state index in [2.05, 4.69) is 18.6 Å². The Hall–Kier alpha value is -1.82. The van der Waals surface area contributed by atoms with Gasteiger partial charge in [0.1, 0.15) is 6.07 Å². The van der Waals surface area contributed by atoms with E-state index >= 15 is 0 Å². The van der Waals surface area contributed by atoms with Crippen molar-refractivity contribution in [1.82, 2.24) is 0 Å². The number of rotatable bonds is 3. The third kappa shape index (κ3) is 2.83. The lowest BCUT2D eigenvalue weighted by atomic mass is 9.98. The highest BCUT2D eigenvalue weighted by Gasteiger charge is 2.12. The smallest absolute Gasteiger partial charge is 0.339 e. The molecule has 0 spiro atoms. The highest BCUT2D eigenvalue weighted by molar-refractivity contribution is 5.92. The Bertz CT molecular complexity index is 430. The van der Waals surface area contributed by atoms with E-state index in [9.17, 15) is 4.79 Å². The number of benzene rings is 1. The number of carbonyl (C=O) groups is 1. The van der Waals surface area contributed by atoms with Gasteiger partial charge in [0.2, 0.25) is 0 Å². The molecule has 3 heteroatoms. The molecule has 0 aliphatic rings. The van der Waals surface area contributed by atoms with Crippen molar-refractivity contribution in [3.05, 3.63) is 34.9 Å². The van der Waals surface area contributed by atoms with Crippen LogP contribution in [0.5, 0.6) is 0 Å². The fraction of sp³-hybridized carbons (Fsp3) is 0.385. The quantitative estimate of drug-likeness (QED) is 0.731. The zero-order valence-electron chi connectivity index (χ0n) is 9.78. The number of carbonyl (C=O) groups excluding carboxylic acids is 1. The highest BCUT2D eigenvalue weighted by atomic mass is 16.5. The van der Waals surface area contributed by atoms with Crippen LogP contribution in [0.3, 0.4) is 0 Å². The van der Waals surface area contributed by atoms with Crippen molar-refractivity contribution in [3.63, 3.8) is 0 Å². The van der Waals surface area contributed by atoms with Crippen LogP contribution in [0.2, 0.25) is 0 Å². The molecule has 0 heterocycles. The molecule has 0 atom stereocenters. The normalized spacial score (nSPS) is 9.94. The molecule has 1 aromatic carbocycles. The Morgan fingerprint density at radius 3 is 2.69 bits per heavy atom. The van der Waals surface area contributed by atoms with Crippen LogP contribution in [-0.4, -0.2) is 13.1 Å². The predicted molar refractivity (Wildman–Crippen MR) is 61.0 cm³/mol. The van der Waals surface area contributed by atoms with E-state index in [1.165, 1.54) is 7.11 Å². The van der Waals surface area contributed by atoms with Gasteiger partial charge in [0.15, 0.2) is 0 Å². The summed E-state index contributed by atoms with van der Waals surface area (Å²) in [6.07, 6.45) is 0.885. The minimum atomic E-state index is -0.456. The average Bonchev–Trinajstić information content (AvgIpc) is 2.27. The van der Waals surface area contributed by atoms with Crippen molar-refractivity contribution in [3.8, 4) is 6.07 Å². The first-order chi connectivity index (χ1) is 7.58. The molecule has 0 unspecified atom stereocenters. The molecule has 0 aromatic heterocycles. The number of nitrogens with zero attached hydrogens (tertiary/aromatic N) is 1. The average molecular weight is 217 g/mol. The number of esters is 1. The zero-order valence-corrected chi connectivity index (χ0v) is 9.78.